The van der Waals surface area contributed by atoms with Crippen molar-refractivity contribution in [1.82, 2.24) is 14.7 Å². The molecule has 1 aromatic rings. The highest BCUT2D eigenvalue weighted by Crippen LogP contribution is 2.57. The number of hydrogen-bond acceptors (Lipinski definition) is 4. The third-order valence-electron chi connectivity index (χ3n) is 7.90. The normalized spacial score (nSPS) is 25.7. The van der Waals surface area contributed by atoms with Crippen molar-refractivity contribution in [3.63, 3.8) is 0 Å². The average molecular weight is 429 g/mol. The summed E-state index contributed by atoms with van der Waals surface area (Å²) in [4.78, 5) is 32.4. The van der Waals surface area contributed by atoms with E-state index in [0.29, 0.717) is 25.6 Å². The van der Waals surface area contributed by atoms with Crippen LogP contribution in [0, 0.1) is 10.8 Å². The fraction of sp³-hybridized carbons (Fsp3) is 0.667. The molecule has 0 radical (unpaired) electrons. The predicted octanol–water partition coefficient (Wildman–Crippen LogP) is 2.67. The Morgan fingerprint density at radius 3 is 2.39 bits per heavy atom. The van der Waals surface area contributed by atoms with Gasteiger partial charge in [-0.3, -0.25) is 9.69 Å². The zero-order valence-electron chi connectivity index (χ0n) is 19.2. The molecule has 7 heteroatoms. The number of piperidine rings is 1. The van der Waals surface area contributed by atoms with Gasteiger partial charge in [0.2, 0.25) is 5.91 Å². The van der Waals surface area contributed by atoms with Crippen LogP contribution < -0.4 is 5.32 Å². The van der Waals surface area contributed by atoms with E-state index in [4.69, 9.17) is 4.74 Å². The van der Waals surface area contributed by atoms with Crippen LogP contribution in [0.1, 0.15) is 31.7 Å². The SMILES string of the molecule is CCc1ccc(NC(=O)N2CCC3(CC2)CN(CCOC)CC32CCN(C)C2=O)cc1. The molecule has 0 bridgehead atoms. The van der Waals surface area contributed by atoms with E-state index in [0.717, 1.165) is 57.5 Å². The van der Waals surface area contributed by atoms with Gasteiger partial charge in [-0.05, 0) is 43.4 Å². The predicted molar refractivity (Wildman–Crippen MR) is 121 cm³/mol. The van der Waals surface area contributed by atoms with Crippen LogP contribution >= 0.6 is 0 Å². The standard InChI is InChI=1S/C24H36N4O3/c1-4-19-5-7-20(8-6-19)25-22(30)28-13-9-23(10-14-28)17-27(15-16-31-3)18-24(23)11-12-26(2)21(24)29/h5-8H,4,9-18H2,1-3H3,(H,25,30). The van der Waals surface area contributed by atoms with Crippen LogP contribution in [0.5, 0.6) is 0 Å². The van der Waals surface area contributed by atoms with Crippen LogP contribution in [0.15, 0.2) is 24.3 Å². The first-order chi connectivity index (χ1) is 14.9. The fourth-order valence-corrected chi connectivity index (χ4v) is 5.94. The van der Waals surface area contributed by atoms with Crippen molar-refractivity contribution >= 4 is 17.6 Å². The first kappa shape index (κ1) is 22.1. The molecule has 170 valence electrons. The lowest BCUT2D eigenvalue weighted by atomic mass is 9.60. The largest absolute Gasteiger partial charge is 0.383 e. The number of aryl methyl sites for hydroxylation is 1. The molecule has 1 unspecified atom stereocenters. The van der Waals surface area contributed by atoms with E-state index in [1.807, 2.05) is 29.0 Å². The number of nitrogens with one attached hydrogen (secondary N) is 1. The zero-order valence-corrected chi connectivity index (χ0v) is 19.2. The number of nitrogens with zero attached hydrogens (tertiary/aromatic N) is 3. The average Bonchev–Trinajstić information content (AvgIpc) is 3.25. The summed E-state index contributed by atoms with van der Waals surface area (Å²) < 4.78 is 5.30. The summed E-state index contributed by atoms with van der Waals surface area (Å²) in [6, 6.07) is 8.00. The molecule has 1 atom stereocenters. The maximum absolute atomic E-state index is 13.3. The van der Waals surface area contributed by atoms with E-state index >= 15 is 0 Å². The Balaban J connectivity index is 1.44. The van der Waals surface area contributed by atoms with E-state index in [2.05, 4.69) is 29.3 Å². The smallest absolute Gasteiger partial charge is 0.321 e. The number of urea groups is 1. The first-order valence-electron chi connectivity index (χ1n) is 11.5. The summed E-state index contributed by atoms with van der Waals surface area (Å²) in [5.74, 6) is 0.293. The molecular formula is C24H36N4O3. The van der Waals surface area contributed by atoms with E-state index in [1.165, 1.54) is 5.56 Å². The Labute approximate surface area is 185 Å². The van der Waals surface area contributed by atoms with Crippen molar-refractivity contribution in [3.05, 3.63) is 29.8 Å². The van der Waals surface area contributed by atoms with Gasteiger partial charge in [-0.15, -0.1) is 0 Å². The number of fused-ring (bicyclic) bond motifs is 1. The number of benzene rings is 1. The Kier molecular flexibility index (Phi) is 6.26. The second kappa shape index (κ2) is 8.79. The van der Waals surface area contributed by atoms with Gasteiger partial charge in [0.15, 0.2) is 0 Å². The second-order valence-electron chi connectivity index (χ2n) is 9.51. The number of carbonyl (C=O) groups excluding carboxylic acids is 2. The lowest BCUT2D eigenvalue weighted by molar-refractivity contribution is -0.141. The summed E-state index contributed by atoms with van der Waals surface area (Å²) in [5.41, 5.74) is 1.72. The quantitative estimate of drug-likeness (QED) is 0.783. The molecule has 7 nitrogen and oxygen atoms in total. The minimum atomic E-state index is -0.311. The lowest BCUT2D eigenvalue weighted by Crippen LogP contribution is -2.54. The lowest BCUT2D eigenvalue weighted by Gasteiger charge is -2.46. The molecule has 0 aliphatic carbocycles. The van der Waals surface area contributed by atoms with Gasteiger partial charge in [0.05, 0.1) is 12.0 Å². The molecule has 0 aromatic heterocycles. The zero-order chi connectivity index (χ0) is 22.1. The summed E-state index contributed by atoms with van der Waals surface area (Å²) in [6.07, 6.45) is 3.65. The number of hydrogen-bond donors (Lipinski definition) is 1. The number of carbonyl (C=O) groups is 2. The van der Waals surface area contributed by atoms with Crippen molar-refractivity contribution in [2.24, 2.45) is 10.8 Å². The number of methoxy groups -OCH3 is 1. The molecule has 3 saturated heterocycles. The summed E-state index contributed by atoms with van der Waals surface area (Å²) in [5, 5.41) is 3.04. The third kappa shape index (κ3) is 3.94. The highest BCUT2D eigenvalue weighted by Gasteiger charge is 2.64. The molecule has 3 aliphatic heterocycles. The Bertz CT molecular complexity index is 804. The van der Waals surface area contributed by atoms with E-state index in [9.17, 15) is 9.59 Å². The van der Waals surface area contributed by atoms with Crippen LogP contribution in [-0.2, 0) is 16.0 Å². The monoisotopic (exact) mass is 428 g/mol. The number of likely N-dealkylation sites (tertiary alicyclic amines) is 3. The maximum atomic E-state index is 13.3. The number of ether oxygens (including phenoxy) is 1. The van der Waals surface area contributed by atoms with Crippen molar-refractivity contribution in [2.75, 3.05) is 65.3 Å². The van der Waals surface area contributed by atoms with Crippen LogP contribution in [0.2, 0.25) is 0 Å². The highest BCUT2D eigenvalue weighted by molar-refractivity contribution is 5.89. The van der Waals surface area contributed by atoms with Gasteiger partial charge >= 0.3 is 6.03 Å². The molecule has 31 heavy (non-hydrogen) atoms. The van der Waals surface area contributed by atoms with Gasteiger partial charge in [0.1, 0.15) is 0 Å². The van der Waals surface area contributed by atoms with Crippen molar-refractivity contribution in [1.29, 1.82) is 0 Å². The highest BCUT2D eigenvalue weighted by atomic mass is 16.5. The van der Waals surface area contributed by atoms with E-state index in [-0.39, 0.29) is 16.9 Å². The fourth-order valence-electron chi connectivity index (χ4n) is 5.94. The van der Waals surface area contributed by atoms with Gasteiger partial charge in [0.25, 0.3) is 0 Å². The molecule has 3 fully saturated rings. The van der Waals surface area contributed by atoms with Gasteiger partial charge in [-0.25, -0.2) is 4.79 Å². The summed E-state index contributed by atoms with van der Waals surface area (Å²) >= 11 is 0. The molecule has 4 rings (SSSR count). The third-order valence-corrected chi connectivity index (χ3v) is 7.90. The van der Waals surface area contributed by atoms with Gasteiger partial charge in [-0.1, -0.05) is 19.1 Å². The van der Waals surface area contributed by atoms with Crippen molar-refractivity contribution < 1.29 is 14.3 Å². The molecule has 3 heterocycles. The van der Waals surface area contributed by atoms with Gasteiger partial charge < -0.3 is 19.9 Å². The molecule has 2 spiro atoms. The summed E-state index contributed by atoms with van der Waals surface area (Å²) in [6.45, 7) is 7.61. The van der Waals surface area contributed by atoms with Crippen LogP contribution in [0.3, 0.4) is 0 Å². The molecule has 3 amide bonds. The first-order valence-corrected chi connectivity index (χ1v) is 11.5. The topological polar surface area (TPSA) is 65.1 Å². The molecular weight excluding hydrogens is 392 g/mol. The van der Waals surface area contributed by atoms with Crippen LogP contribution in [0.25, 0.3) is 0 Å². The van der Waals surface area contributed by atoms with E-state index in [1.54, 1.807) is 7.11 Å². The van der Waals surface area contributed by atoms with Gasteiger partial charge in [-0.2, -0.15) is 0 Å². The molecule has 1 N–H and O–H groups in total. The Hall–Kier alpha value is -2.12. The molecule has 1 aromatic carbocycles. The van der Waals surface area contributed by atoms with Crippen LogP contribution in [0.4, 0.5) is 10.5 Å². The Morgan fingerprint density at radius 2 is 1.81 bits per heavy atom. The summed E-state index contributed by atoms with van der Waals surface area (Å²) in [7, 11) is 3.65. The minimum Gasteiger partial charge on any atom is -0.383 e. The number of amides is 3. The van der Waals surface area contributed by atoms with Crippen molar-refractivity contribution in [3.8, 4) is 0 Å². The second-order valence-corrected chi connectivity index (χ2v) is 9.51. The van der Waals surface area contributed by atoms with Crippen LogP contribution in [-0.4, -0.2) is 86.7 Å². The van der Waals surface area contributed by atoms with Crippen molar-refractivity contribution in [2.45, 2.75) is 32.6 Å². The maximum Gasteiger partial charge on any atom is 0.321 e. The number of rotatable bonds is 5. The number of anilines is 1. The Morgan fingerprint density at radius 1 is 1.10 bits per heavy atom. The van der Waals surface area contributed by atoms with E-state index < -0.39 is 0 Å². The molecule has 3 aliphatic rings. The minimum absolute atomic E-state index is 0.0442. The van der Waals surface area contributed by atoms with Gasteiger partial charge in [0, 0.05) is 64.5 Å². The molecule has 0 saturated carbocycles.